The fraction of sp³-hybridized carbons (Fsp3) is 0.333. The quantitative estimate of drug-likeness (QED) is 0.791. The van der Waals surface area contributed by atoms with Gasteiger partial charge < -0.3 is 10.1 Å². The Labute approximate surface area is 129 Å². The number of aliphatic hydroxyl groups excluding tert-OH is 1. The summed E-state index contributed by atoms with van der Waals surface area (Å²) in [5, 5.41) is 10.5. The van der Waals surface area contributed by atoms with Crippen LogP contribution in [0.4, 0.5) is 13.2 Å². The SMILES string of the molecule is Cc1[nH]c(C(O)c2cc(C(F)(F)F)ccc2Br)c(C)c1C. The Bertz CT molecular complexity index is 676. The number of nitrogens with one attached hydrogen (secondary N) is 1. The summed E-state index contributed by atoms with van der Waals surface area (Å²) in [6.07, 6.45) is -5.58. The third kappa shape index (κ3) is 3.01. The highest BCUT2D eigenvalue weighted by Gasteiger charge is 2.32. The van der Waals surface area contributed by atoms with Gasteiger partial charge in [-0.2, -0.15) is 13.2 Å². The van der Waals surface area contributed by atoms with E-state index in [0.717, 1.165) is 29.0 Å². The molecule has 6 heteroatoms. The maximum Gasteiger partial charge on any atom is 0.416 e. The van der Waals surface area contributed by atoms with E-state index >= 15 is 0 Å². The number of rotatable bonds is 2. The van der Waals surface area contributed by atoms with Gasteiger partial charge in [-0.15, -0.1) is 0 Å². The molecule has 0 saturated carbocycles. The molecule has 1 heterocycles. The number of halogens is 4. The van der Waals surface area contributed by atoms with Crippen LogP contribution in [-0.2, 0) is 6.18 Å². The van der Waals surface area contributed by atoms with Crippen LogP contribution in [0.15, 0.2) is 22.7 Å². The number of hydrogen-bond donors (Lipinski definition) is 2. The van der Waals surface area contributed by atoms with Crippen molar-refractivity contribution in [3.63, 3.8) is 0 Å². The number of alkyl halides is 3. The zero-order valence-electron chi connectivity index (χ0n) is 11.8. The predicted octanol–water partition coefficient (Wildman–Crippen LogP) is 4.80. The maximum absolute atomic E-state index is 12.8. The minimum absolute atomic E-state index is 0.189. The van der Waals surface area contributed by atoms with Gasteiger partial charge in [-0.25, -0.2) is 0 Å². The van der Waals surface area contributed by atoms with Crippen molar-refractivity contribution in [1.82, 2.24) is 4.98 Å². The normalized spacial score (nSPS) is 13.5. The van der Waals surface area contributed by atoms with Crippen molar-refractivity contribution in [2.24, 2.45) is 0 Å². The van der Waals surface area contributed by atoms with E-state index in [-0.39, 0.29) is 5.56 Å². The van der Waals surface area contributed by atoms with E-state index in [1.807, 2.05) is 20.8 Å². The summed E-state index contributed by atoms with van der Waals surface area (Å²) in [4.78, 5) is 3.04. The molecule has 1 aromatic carbocycles. The van der Waals surface area contributed by atoms with E-state index in [0.29, 0.717) is 10.2 Å². The van der Waals surface area contributed by atoms with Crippen LogP contribution in [0, 0.1) is 20.8 Å². The van der Waals surface area contributed by atoms with Gasteiger partial charge in [0.1, 0.15) is 6.10 Å². The number of H-pyrrole nitrogens is 1. The molecule has 0 spiro atoms. The van der Waals surface area contributed by atoms with E-state index in [1.165, 1.54) is 6.07 Å². The molecule has 0 aliphatic heterocycles. The summed E-state index contributed by atoms with van der Waals surface area (Å²) >= 11 is 3.20. The van der Waals surface area contributed by atoms with Crippen LogP contribution in [0.1, 0.15) is 39.7 Å². The number of benzene rings is 1. The van der Waals surface area contributed by atoms with Gasteiger partial charge >= 0.3 is 6.18 Å². The van der Waals surface area contributed by atoms with Crippen LogP contribution in [0.25, 0.3) is 0 Å². The van der Waals surface area contributed by atoms with Crippen LogP contribution >= 0.6 is 15.9 Å². The second kappa shape index (κ2) is 5.50. The molecular formula is C15H15BrF3NO. The lowest BCUT2D eigenvalue weighted by atomic mass is 10.0. The Morgan fingerprint density at radius 1 is 1.14 bits per heavy atom. The zero-order valence-corrected chi connectivity index (χ0v) is 13.4. The Morgan fingerprint density at radius 2 is 1.76 bits per heavy atom. The molecule has 0 fully saturated rings. The number of aliphatic hydroxyl groups is 1. The topological polar surface area (TPSA) is 36.0 Å². The minimum Gasteiger partial charge on any atom is -0.382 e. The second-order valence-corrected chi connectivity index (χ2v) is 5.90. The molecule has 0 saturated heterocycles. The number of hydrogen-bond acceptors (Lipinski definition) is 1. The number of aryl methyl sites for hydroxylation is 1. The molecule has 21 heavy (non-hydrogen) atoms. The summed E-state index contributed by atoms with van der Waals surface area (Å²) in [7, 11) is 0. The van der Waals surface area contributed by atoms with Crippen LogP contribution in [0.3, 0.4) is 0 Å². The Hall–Kier alpha value is -1.27. The first-order valence-electron chi connectivity index (χ1n) is 6.33. The Balaban J connectivity index is 2.52. The van der Waals surface area contributed by atoms with Crippen LogP contribution in [-0.4, -0.2) is 10.1 Å². The average Bonchev–Trinajstić information content (AvgIpc) is 2.65. The highest BCUT2D eigenvalue weighted by molar-refractivity contribution is 9.10. The van der Waals surface area contributed by atoms with Crippen molar-refractivity contribution in [3.05, 3.63) is 56.3 Å². The van der Waals surface area contributed by atoms with Gasteiger partial charge in [0, 0.05) is 15.7 Å². The van der Waals surface area contributed by atoms with Crippen LogP contribution in [0.2, 0.25) is 0 Å². The van der Waals surface area contributed by atoms with Crippen LogP contribution in [0.5, 0.6) is 0 Å². The molecule has 2 nitrogen and oxygen atoms in total. The zero-order chi connectivity index (χ0) is 15.9. The van der Waals surface area contributed by atoms with E-state index < -0.39 is 17.8 Å². The molecule has 1 unspecified atom stereocenters. The van der Waals surface area contributed by atoms with E-state index in [9.17, 15) is 18.3 Å². The van der Waals surface area contributed by atoms with Gasteiger partial charge in [-0.3, -0.25) is 0 Å². The Morgan fingerprint density at radius 3 is 2.24 bits per heavy atom. The molecule has 0 aliphatic rings. The summed E-state index contributed by atoms with van der Waals surface area (Å²) in [6.45, 7) is 5.59. The molecule has 114 valence electrons. The van der Waals surface area contributed by atoms with Crippen LogP contribution < -0.4 is 0 Å². The van der Waals surface area contributed by atoms with Crippen molar-refractivity contribution in [2.45, 2.75) is 33.1 Å². The molecule has 2 N–H and O–H groups in total. The first kappa shape index (κ1) is 16.1. The van der Waals surface area contributed by atoms with Gasteiger partial charge in [-0.05, 0) is 50.1 Å². The molecule has 2 rings (SSSR count). The monoisotopic (exact) mass is 361 g/mol. The average molecular weight is 362 g/mol. The molecule has 0 bridgehead atoms. The minimum atomic E-state index is -4.44. The van der Waals surface area contributed by atoms with Gasteiger partial charge in [0.25, 0.3) is 0 Å². The van der Waals surface area contributed by atoms with Gasteiger partial charge in [0.15, 0.2) is 0 Å². The molecule has 0 aliphatic carbocycles. The summed E-state index contributed by atoms with van der Waals surface area (Å²) < 4.78 is 38.9. The second-order valence-electron chi connectivity index (χ2n) is 5.05. The highest BCUT2D eigenvalue weighted by Crippen LogP contribution is 2.36. The smallest absolute Gasteiger partial charge is 0.382 e. The largest absolute Gasteiger partial charge is 0.416 e. The van der Waals surface area contributed by atoms with Crippen molar-refractivity contribution < 1.29 is 18.3 Å². The first-order chi connectivity index (χ1) is 9.62. The number of aromatic amines is 1. The molecule has 0 amide bonds. The van der Waals surface area contributed by atoms with E-state index in [4.69, 9.17) is 0 Å². The fourth-order valence-corrected chi connectivity index (χ4v) is 2.69. The van der Waals surface area contributed by atoms with Crippen molar-refractivity contribution in [2.75, 3.05) is 0 Å². The maximum atomic E-state index is 12.8. The van der Waals surface area contributed by atoms with Gasteiger partial charge in [0.2, 0.25) is 0 Å². The predicted molar refractivity (Wildman–Crippen MR) is 78.2 cm³/mol. The lowest BCUT2D eigenvalue weighted by molar-refractivity contribution is -0.137. The molecule has 0 radical (unpaired) electrons. The van der Waals surface area contributed by atoms with E-state index in [2.05, 4.69) is 20.9 Å². The fourth-order valence-electron chi connectivity index (χ4n) is 2.23. The molecule has 1 atom stereocenters. The molecular weight excluding hydrogens is 347 g/mol. The molecule has 2 aromatic rings. The third-order valence-corrected chi connectivity index (χ3v) is 4.46. The number of aromatic nitrogens is 1. The lowest BCUT2D eigenvalue weighted by Gasteiger charge is -2.16. The van der Waals surface area contributed by atoms with Crippen molar-refractivity contribution in [3.8, 4) is 0 Å². The van der Waals surface area contributed by atoms with Crippen molar-refractivity contribution in [1.29, 1.82) is 0 Å². The summed E-state index contributed by atoms with van der Waals surface area (Å²) in [5.41, 5.74) is 2.66. The summed E-state index contributed by atoms with van der Waals surface area (Å²) in [6, 6.07) is 3.26. The summed E-state index contributed by atoms with van der Waals surface area (Å²) in [5.74, 6) is 0. The lowest BCUT2D eigenvalue weighted by Crippen LogP contribution is -2.09. The van der Waals surface area contributed by atoms with E-state index in [1.54, 1.807) is 0 Å². The highest BCUT2D eigenvalue weighted by atomic mass is 79.9. The van der Waals surface area contributed by atoms with Gasteiger partial charge in [0.05, 0.1) is 11.3 Å². The standard InChI is InChI=1S/C15H15BrF3NO/c1-7-8(2)13(20-9(7)3)14(21)11-6-10(15(17,18)19)4-5-12(11)16/h4-6,14,20-21H,1-3H3. The van der Waals surface area contributed by atoms with Gasteiger partial charge in [-0.1, -0.05) is 15.9 Å². The Kier molecular flexibility index (Phi) is 4.22. The van der Waals surface area contributed by atoms with Crippen molar-refractivity contribution >= 4 is 15.9 Å². The molecule has 1 aromatic heterocycles. The third-order valence-electron chi connectivity index (χ3n) is 3.74. The first-order valence-corrected chi connectivity index (χ1v) is 7.12.